The normalized spacial score (nSPS) is 10.3. The van der Waals surface area contributed by atoms with Crippen LogP contribution in [-0.2, 0) is 11.3 Å². The Hall–Kier alpha value is -1.26. The van der Waals surface area contributed by atoms with Crippen molar-refractivity contribution in [1.29, 1.82) is 0 Å². The molecule has 4 nitrogen and oxygen atoms in total. The van der Waals surface area contributed by atoms with Crippen molar-refractivity contribution in [3.05, 3.63) is 23.8 Å². The lowest BCUT2D eigenvalue weighted by molar-refractivity contribution is 0.104. The summed E-state index contributed by atoms with van der Waals surface area (Å²) in [6.45, 7) is 1.12. The van der Waals surface area contributed by atoms with E-state index in [0.29, 0.717) is 25.4 Å². The number of aromatic hydroxyl groups is 1. The van der Waals surface area contributed by atoms with Crippen LogP contribution in [0.5, 0.6) is 11.5 Å². The molecule has 0 aliphatic carbocycles. The number of hydrogen-bond donors (Lipinski definition) is 2. The van der Waals surface area contributed by atoms with Gasteiger partial charge in [0.2, 0.25) is 0 Å². The highest BCUT2D eigenvalue weighted by atomic mass is 16.5. The Balaban J connectivity index is 2.47. The zero-order chi connectivity index (χ0) is 11.1. The number of rotatable bonds is 6. The van der Waals surface area contributed by atoms with Crippen molar-refractivity contribution in [3.63, 3.8) is 0 Å². The van der Waals surface area contributed by atoms with Gasteiger partial charge in [-0.2, -0.15) is 0 Å². The van der Waals surface area contributed by atoms with Crippen LogP contribution in [-0.4, -0.2) is 30.5 Å². The van der Waals surface area contributed by atoms with Gasteiger partial charge in [0, 0.05) is 13.2 Å². The van der Waals surface area contributed by atoms with Gasteiger partial charge in [0.25, 0.3) is 0 Å². The Morgan fingerprint density at radius 2 is 2.13 bits per heavy atom. The fourth-order valence-electron chi connectivity index (χ4n) is 1.17. The third kappa shape index (κ3) is 3.77. The monoisotopic (exact) mass is 212 g/mol. The number of aliphatic hydroxyl groups is 1. The first-order valence-electron chi connectivity index (χ1n) is 4.82. The highest BCUT2D eigenvalue weighted by molar-refractivity contribution is 5.41. The summed E-state index contributed by atoms with van der Waals surface area (Å²) < 4.78 is 10.3. The van der Waals surface area contributed by atoms with E-state index in [1.807, 2.05) is 0 Å². The fourth-order valence-corrected chi connectivity index (χ4v) is 1.17. The summed E-state index contributed by atoms with van der Waals surface area (Å²) in [6.07, 6.45) is 0.634. The molecule has 15 heavy (non-hydrogen) atoms. The first-order valence-corrected chi connectivity index (χ1v) is 4.82. The molecular weight excluding hydrogens is 196 g/mol. The molecule has 0 heterocycles. The second-order valence-corrected chi connectivity index (χ2v) is 3.14. The molecular formula is C11H16O4. The standard InChI is InChI=1S/C11H16O4/c1-14-11-7-9(3-4-10(11)13)8-15-6-2-5-12/h3-4,7,12-13H,2,5-6,8H2,1H3. The average molecular weight is 212 g/mol. The summed E-state index contributed by atoms with van der Waals surface area (Å²) in [5.74, 6) is 0.565. The van der Waals surface area contributed by atoms with Crippen LogP contribution in [0.15, 0.2) is 18.2 Å². The van der Waals surface area contributed by atoms with E-state index in [1.54, 1.807) is 18.2 Å². The third-order valence-corrected chi connectivity index (χ3v) is 1.96. The number of phenolic OH excluding ortho intramolecular Hbond substituents is 1. The van der Waals surface area contributed by atoms with Gasteiger partial charge in [0.15, 0.2) is 11.5 Å². The maximum atomic E-state index is 9.35. The Bertz CT molecular complexity index is 299. The van der Waals surface area contributed by atoms with Gasteiger partial charge < -0.3 is 19.7 Å². The molecule has 1 aromatic rings. The van der Waals surface area contributed by atoms with E-state index in [2.05, 4.69) is 0 Å². The minimum absolute atomic E-state index is 0.122. The molecule has 0 radical (unpaired) electrons. The maximum absolute atomic E-state index is 9.35. The Labute approximate surface area is 89.1 Å². The molecule has 0 spiro atoms. The molecule has 84 valence electrons. The van der Waals surface area contributed by atoms with E-state index in [1.165, 1.54) is 7.11 Å². The van der Waals surface area contributed by atoms with E-state index < -0.39 is 0 Å². The van der Waals surface area contributed by atoms with Gasteiger partial charge in [0.1, 0.15) is 0 Å². The van der Waals surface area contributed by atoms with Gasteiger partial charge in [-0.25, -0.2) is 0 Å². The first kappa shape index (κ1) is 11.8. The number of methoxy groups -OCH3 is 1. The first-order chi connectivity index (χ1) is 7.27. The van der Waals surface area contributed by atoms with E-state index in [9.17, 15) is 5.11 Å². The van der Waals surface area contributed by atoms with Crippen LogP contribution < -0.4 is 4.74 Å². The minimum atomic E-state index is 0.122. The van der Waals surface area contributed by atoms with Crippen LogP contribution in [0.3, 0.4) is 0 Å². The van der Waals surface area contributed by atoms with Crippen molar-refractivity contribution in [2.45, 2.75) is 13.0 Å². The molecule has 0 bridgehead atoms. The predicted molar refractivity (Wildman–Crippen MR) is 56.0 cm³/mol. The second kappa shape index (κ2) is 6.27. The van der Waals surface area contributed by atoms with Crippen LogP contribution in [0.4, 0.5) is 0 Å². The lowest BCUT2D eigenvalue weighted by Gasteiger charge is -2.07. The summed E-state index contributed by atoms with van der Waals surface area (Å²) in [4.78, 5) is 0. The smallest absolute Gasteiger partial charge is 0.160 e. The van der Waals surface area contributed by atoms with Crippen LogP contribution in [0.1, 0.15) is 12.0 Å². The van der Waals surface area contributed by atoms with Crippen molar-refractivity contribution in [1.82, 2.24) is 0 Å². The predicted octanol–water partition coefficient (Wildman–Crippen LogP) is 1.30. The van der Waals surface area contributed by atoms with Gasteiger partial charge >= 0.3 is 0 Å². The van der Waals surface area contributed by atoms with E-state index >= 15 is 0 Å². The van der Waals surface area contributed by atoms with Crippen LogP contribution in [0, 0.1) is 0 Å². The highest BCUT2D eigenvalue weighted by Gasteiger charge is 2.02. The third-order valence-electron chi connectivity index (χ3n) is 1.96. The molecule has 1 aromatic carbocycles. The Morgan fingerprint density at radius 1 is 1.33 bits per heavy atom. The van der Waals surface area contributed by atoms with Crippen molar-refractivity contribution in [2.24, 2.45) is 0 Å². The van der Waals surface area contributed by atoms with Crippen molar-refractivity contribution in [2.75, 3.05) is 20.3 Å². The highest BCUT2D eigenvalue weighted by Crippen LogP contribution is 2.26. The van der Waals surface area contributed by atoms with E-state index in [4.69, 9.17) is 14.6 Å². The Morgan fingerprint density at radius 3 is 2.80 bits per heavy atom. The molecule has 0 aliphatic heterocycles. The summed E-state index contributed by atoms with van der Waals surface area (Å²) in [7, 11) is 1.51. The van der Waals surface area contributed by atoms with Crippen LogP contribution >= 0.6 is 0 Å². The van der Waals surface area contributed by atoms with E-state index in [0.717, 1.165) is 5.56 Å². The maximum Gasteiger partial charge on any atom is 0.160 e. The van der Waals surface area contributed by atoms with Gasteiger partial charge in [-0.15, -0.1) is 0 Å². The summed E-state index contributed by atoms with van der Waals surface area (Å²) in [6, 6.07) is 5.08. The topological polar surface area (TPSA) is 58.9 Å². The number of aliphatic hydroxyl groups excluding tert-OH is 1. The molecule has 1 rings (SSSR count). The molecule has 0 aromatic heterocycles. The molecule has 0 unspecified atom stereocenters. The van der Waals surface area contributed by atoms with Gasteiger partial charge in [0.05, 0.1) is 13.7 Å². The minimum Gasteiger partial charge on any atom is -0.504 e. The van der Waals surface area contributed by atoms with Gasteiger partial charge in [-0.05, 0) is 24.1 Å². The second-order valence-electron chi connectivity index (χ2n) is 3.14. The molecule has 0 fully saturated rings. The quantitative estimate of drug-likeness (QED) is 0.698. The van der Waals surface area contributed by atoms with Crippen molar-refractivity contribution in [3.8, 4) is 11.5 Å². The molecule has 0 saturated carbocycles. The molecule has 0 aliphatic rings. The summed E-state index contributed by atoms with van der Waals surface area (Å²) in [5.41, 5.74) is 0.933. The van der Waals surface area contributed by atoms with Gasteiger partial charge in [-0.1, -0.05) is 6.07 Å². The number of phenols is 1. The molecule has 0 amide bonds. The van der Waals surface area contributed by atoms with Crippen LogP contribution in [0.2, 0.25) is 0 Å². The van der Waals surface area contributed by atoms with Crippen LogP contribution in [0.25, 0.3) is 0 Å². The SMILES string of the molecule is COc1cc(COCCCO)ccc1O. The van der Waals surface area contributed by atoms with Crippen molar-refractivity contribution >= 4 is 0 Å². The summed E-state index contributed by atoms with van der Waals surface area (Å²) >= 11 is 0. The lowest BCUT2D eigenvalue weighted by atomic mass is 10.2. The molecule has 0 saturated heterocycles. The lowest BCUT2D eigenvalue weighted by Crippen LogP contribution is -1.98. The number of ether oxygens (including phenoxy) is 2. The zero-order valence-corrected chi connectivity index (χ0v) is 8.77. The number of hydrogen-bond acceptors (Lipinski definition) is 4. The molecule has 0 atom stereocenters. The zero-order valence-electron chi connectivity index (χ0n) is 8.77. The van der Waals surface area contributed by atoms with Gasteiger partial charge in [-0.3, -0.25) is 0 Å². The molecule has 4 heteroatoms. The molecule has 2 N–H and O–H groups in total. The summed E-state index contributed by atoms with van der Waals surface area (Å²) in [5, 5.41) is 17.9. The average Bonchev–Trinajstić information content (AvgIpc) is 2.26. The van der Waals surface area contributed by atoms with E-state index in [-0.39, 0.29) is 12.4 Å². The number of benzene rings is 1. The van der Waals surface area contributed by atoms with Crippen molar-refractivity contribution < 1.29 is 19.7 Å². The fraction of sp³-hybridized carbons (Fsp3) is 0.455. The largest absolute Gasteiger partial charge is 0.504 e. The Kier molecular flexibility index (Phi) is 4.93.